The van der Waals surface area contributed by atoms with Gasteiger partial charge in [-0.05, 0) is 41.5 Å². The minimum absolute atomic E-state index is 0.0816. The molecule has 2 aliphatic rings. The van der Waals surface area contributed by atoms with Crippen LogP contribution in [0.1, 0.15) is 21.9 Å². The number of carbonyl (C=O) groups is 3. The van der Waals surface area contributed by atoms with E-state index in [0.717, 1.165) is 11.1 Å². The van der Waals surface area contributed by atoms with Gasteiger partial charge in [0, 0.05) is 12.1 Å². The summed E-state index contributed by atoms with van der Waals surface area (Å²) in [7, 11) is 0. The predicted octanol–water partition coefficient (Wildman–Crippen LogP) is 1.46. The van der Waals surface area contributed by atoms with Crippen molar-refractivity contribution >= 4 is 23.7 Å². The third-order valence-corrected chi connectivity index (χ3v) is 4.84. The molecule has 0 saturated heterocycles. The Hall–Kier alpha value is -4.38. The largest absolute Gasteiger partial charge is 0.482 e. The zero-order chi connectivity index (χ0) is 23.4. The number of amides is 3. The highest BCUT2D eigenvalue weighted by Crippen LogP contribution is 2.23. The average Bonchev–Trinajstić information content (AvgIpc) is 3.39. The topological polar surface area (TPSA) is 169 Å². The van der Waals surface area contributed by atoms with E-state index in [1.807, 2.05) is 18.2 Å². The fourth-order valence-corrected chi connectivity index (χ4v) is 3.36. The van der Waals surface area contributed by atoms with E-state index in [2.05, 4.69) is 20.6 Å². The zero-order valence-electron chi connectivity index (χ0n) is 17.3. The molecule has 11 heteroatoms. The summed E-state index contributed by atoms with van der Waals surface area (Å²) in [6.45, 7) is 0.0898. The third kappa shape index (κ3) is 5.46. The number of H-pyrrole nitrogens is 1. The number of carbonyl (C=O) groups excluding carboxylic acids is 2. The SMILES string of the molecule is NC(=O)c1nc(Cc2ccc(OCC(=O)O)cc2)[nH]c1NC(=O)NC1=CC2=CCOC2C=C1. The van der Waals surface area contributed by atoms with E-state index in [-0.39, 0.29) is 17.6 Å². The number of carboxylic acids is 1. The van der Waals surface area contributed by atoms with Gasteiger partial charge in [0.1, 0.15) is 23.5 Å². The number of allylic oxidation sites excluding steroid dienone is 1. The Labute approximate surface area is 188 Å². The summed E-state index contributed by atoms with van der Waals surface area (Å²) in [6.07, 6.45) is 7.55. The molecule has 0 radical (unpaired) electrons. The van der Waals surface area contributed by atoms with Crippen LogP contribution in [0.3, 0.4) is 0 Å². The Bertz CT molecular complexity index is 1180. The number of aromatic nitrogens is 2. The number of hydrogen-bond acceptors (Lipinski definition) is 6. The van der Waals surface area contributed by atoms with Crippen LogP contribution >= 0.6 is 0 Å². The molecule has 1 aromatic carbocycles. The summed E-state index contributed by atoms with van der Waals surface area (Å²) in [5.41, 5.74) is 7.68. The normalized spacial score (nSPS) is 16.4. The molecule has 1 aliphatic carbocycles. The van der Waals surface area contributed by atoms with Crippen molar-refractivity contribution in [2.75, 3.05) is 18.5 Å². The zero-order valence-corrected chi connectivity index (χ0v) is 17.3. The molecule has 1 atom stereocenters. The van der Waals surface area contributed by atoms with Crippen molar-refractivity contribution in [2.24, 2.45) is 5.73 Å². The Balaban J connectivity index is 1.41. The molecule has 6 N–H and O–H groups in total. The number of ether oxygens (including phenoxy) is 2. The minimum atomic E-state index is -1.07. The van der Waals surface area contributed by atoms with Crippen LogP contribution in [0.5, 0.6) is 5.75 Å². The number of nitrogens with zero attached hydrogens (tertiary/aromatic N) is 1. The van der Waals surface area contributed by atoms with Crippen molar-refractivity contribution < 1.29 is 29.0 Å². The van der Waals surface area contributed by atoms with E-state index in [4.69, 9.17) is 20.3 Å². The van der Waals surface area contributed by atoms with Gasteiger partial charge in [-0.1, -0.05) is 18.2 Å². The summed E-state index contributed by atoms with van der Waals surface area (Å²) in [5.74, 6) is -0.959. The third-order valence-electron chi connectivity index (χ3n) is 4.84. The molecule has 1 aromatic heterocycles. The molecule has 170 valence electrons. The fourth-order valence-electron chi connectivity index (χ4n) is 3.36. The second-order valence-electron chi connectivity index (χ2n) is 7.27. The molecule has 0 spiro atoms. The predicted molar refractivity (Wildman–Crippen MR) is 117 cm³/mol. The number of anilines is 1. The lowest BCUT2D eigenvalue weighted by Crippen LogP contribution is -2.30. The van der Waals surface area contributed by atoms with E-state index < -0.39 is 24.5 Å². The van der Waals surface area contributed by atoms with Crippen LogP contribution in [0, 0.1) is 0 Å². The van der Waals surface area contributed by atoms with Crippen molar-refractivity contribution in [1.29, 1.82) is 0 Å². The number of fused-ring (bicyclic) bond motifs is 1. The Morgan fingerprint density at radius 3 is 2.76 bits per heavy atom. The lowest BCUT2D eigenvalue weighted by Gasteiger charge is -2.15. The van der Waals surface area contributed by atoms with Crippen molar-refractivity contribution in [2.45, 2.75) is 12.5 Å². The molecule has 2 heterocycles. The first kappa shape index (κ1) is 21.8. The smallest absolute Gasteiger partial charge is 0.341 e. The first-order valence-electron chi connectivity index (χ1n) is 9.99. The molecule has 1 unspecified atom stereocenters. The van der Waals surface area contributed by atoms with E-state index in [9.17, 15) is 14.4 Å². The molecule has 1 aliphatic heterocycles. The van der Waals surface area contributed by atoms with E-state index >= 15 is 0 Å². The number of nitrogens with two attached hydrogens (primary N) is 1. The maximum absolute atomic E-state index is 12.5. The number of rotatable bonds is 8. The van der Waals surface area contributed by atoms with Crippen LogP contribution < -0.4 is 21.1 Å². The highest BCUT2D eigenvalue weighted by molar-refractivity contribution is 6.00. The van der Waals surface area contributed by atoms with E-state index in [1.165, 1.54) is 0 Å². The number of carboxylic acid groups (broad SMARTS) is 1. The van der Waals surface area contributed by atoms with Crippen LogP contribution in [0.2, 0.25) is 0 Å². The molecule has 33 heavy (non-hydrogen) atoms. The summed E-state index contributed by atoms with van der Waals surface area (Å²) >= 11 is 0. The molecule has 2 aromatic rings. The molecule has 3 amide bonds. The maximum atomic E-state index is 12.5. The van der Waals surface area contributed by atoms with E-state index in [1.54, 1.807) is 30.3 Å². The van der Waals surface area contributed by atoms with Gasteiger partial charge in [0.15, 0.2) is 12.3 Å². The van der Waals surface area contributed by atoms with Crippen LogP contribution in [0.4, 0.5) is 10.6 Å². The van der Waals surface area contributed by atoms with Gasteiger partial charge in [-0.25, -0.2) is 14.6 Å². The Kier molecular flexibility index (Phi) is 6.22. The van der Waals surface area contributed by atoms with Crippen LogP contribution in [-0.2, 0) is 16.0 Å². The highest BCUT2D eigenvalue weighted by Gasteiger charge is 2.21. The van der Waals surface area contributed by atoms with Crippen LogP contribution in [0.25, 0.3) is 0 Å². The lowest BCUT2D eigenvalue weighted by molar-refractivity contribution is -0.139. The first-order valence-corrected chi connectivity index (χ1v) is 9.99. The molecular formula is C22H21N5O6. The van der Waals surface area contributed by atoms with Crippen molar-refractivity contribution in [3.05, 3.63) is 76.9 Å². The van der Waals surface area contributed by atoms with E-state index in [0.29, 0.717) is 30.3 Å². The van der Waals surface area contributed by atoms with Gasteiger partial charge in [0.25, 0.3) is 5.91 Å². The quantitative estimate of drug-likeness (QED) is 0.405. The lowest BCUT2D eigenvalue weighted by atomic mass is 10.0. The number of primary amides is 1. The summed E-state index contributed by atoms with van der Waals surface area (Å²) in [6, 6.07) is 6.16. The van der Waals surface area contributed by atoms with Gasteiger partial charge >= 0.3 is 12.0 Å². The van der Waals surface area contributed by atoms with Crippen molar-refractivity contribution in [1.82, 2.24) is 15.3 Å². The second-order valence-corrected chi connectivity index (χ2v) is 7.27. The number of aliphatic carboxylic acids is 1. The first-order chi connectivity index (χ1) is 15.9. The molecule has 4 rings (SSSR count). The van der Waals surface area contributed by atoms with Gasteiger partial charge in [-0.2, -0.15) is 0 Å². The summed E-state index contributed by atoms with van der Waals surface area (Å²) in [5, 5.41) is 13.9. The van der Waals surface area contributed by atoms with Gasteiger partial charge in [-0.15, -0.1) is 0 Å². The number of urea groups is 1. The second kappa shape index (κ2) is 9.40. The number of imidazole rings is 1. The maximum Gasteiger partial charge on any atom is 0.341 e. The van der Waals surface area contributed by atoms with Gasteiger partial charge in [0.05, 0.1) is 6.61 Å². The van der Waals surface area contributed by atoms with Crippen LogP contribution in [-0.4, -0.2) is 52.3 Å². The Morgan fingerprint density at radius 1 is 1.24 bits per heavy atom. The molecule has 0 bridgehead atoms. The standard InChI is InChI=1S/C22H21N5O6/c23-20(30)19-21(27-22(31)24-14-3-6-16-13(10-14)7-8-32-16)26-17(25-19)9-12-1-4-15(5-2-12)33-11-18(28)29/h1-7,10,16H,8-9,11H2,(H2,23,30)(H,25,26)(H,28,29)(H2,24,27,31). The monoisotopic (exact) mass is 451 g/mol. The fraction of sp³-hybridized carbons (Fsp3) is 0.182. The number of nitrogens with one attached hydrogen (secondary N) is 3. The molecule has 11 nitrogen and oxygen atoms in total. The number of hydrogen-bond donors (Lipinski definition) is 5. The molecule has 0 fully saturated rings. The van der Waals surface area contributed by atoms with Crippen LogP contribution in [0.15, 0.2) is 59.8 Å². The van der Waals surface area contributed by atoms with Gasteiger partial charge < -0.3 is 30.6 Å². The number of aromatic amines is 1. The average molecular weight is 451 g/mol. The molecule has 0 saturated carbocycles. The Morgan fingerprint density at radius 2 is 2.03 bits per heavy atom. The summed E-state index contributed by atoms with van der Waals surface area (Å²) in [4.78, 5) is 42.0. The number of benzene rings is 1. The van der Waals surface area contributed by atoms with Crippen molar-refractivity contribution in [3.8, 4) is 5.75 Å². The minimum Gasteiger partial charge on any atom is -0.482 e. The van der Waals surface area contributed by atoms with Gasteiger partial charge in [0.2, 0.25) is 0 Å². The molecular weight excluding hydrogens is 430 g/mol. The summed E-state index contributed by atoms with van der Waals surface area (Å²) < 4.78 is 10.6. The van der Waals surface area contributed by atoms with Gasteiger partial charge in [-0.3, -0.25) is 10.1 Å². The van der Waals surface area contributed by atoms with Crippen molar-refractivity contribution in [3.63, 3.8) is 0 Å². The highest BCUT2D eigenvalue weighted by atomic mass is 16.5.